The SMILES string of the molecule is C#CCCCC(=O)OC(C)(C)C.C#CCCCC(=O)OC(C)(C)C.C#CCCCC(=O)OC(C)(C)C.C#CCCCC(=O)OC(C)(C)C.C#CCCCC(=O)OC(C)(C)C. The normalized spacial score (nSPS) is 10.5. The molecule has 0 amide bonds. The molecule has 0 rings (SSSR count). The van der Waals surface area contributed by atoms with Crippen molar-refractivity contribution in [2.24, 2.45) is 0 Å². The zero-order valence-corrected chi connectivity index (χ0v) is 40.1. The first-order chi connectivity index (χ1) is 27.3. The van der Waals surface area contributed by atoms with Crippen molar-refractivity contribution in [3.05, 3.63) is 0 Å². The van der Waals surface area contributed by atoms with Gasteiger partial charge in [0.25, 0.3) is 0 Å². The molecule has 0 N–H and O–H groups in total. The lowest BCUT2D eigenvalue weighted by atomic mass is 10.2. The Morgan fingerprint density at radius 2 is 0.417 bits per heavy atom. The van der Waals surface area contributed by atoms with Crippen molar-refractivity contribution < 1.29 is 47.7 Å². The molecule has 0 saturated heterocycles. The monoisotopic (exact) mass is 841 g/mol. The molecular weight excluding hydrogens is 761 g/mol. The van der Waals surface area contributed by atoms with E-state index in [1.165, 1.54) is 0 Å². The fourth-order valence-corrected chi connectivity index (χ4v) is 3.64. The largest absolute Gasteiger partial charge is 0.460 e. The quantitative estimate of drug-likeness (QED) is 0.0679. The highest BCUT2D eigenvalue weighted by Gasteiger charge is 2.18. The molecule has 0 aliphatic carbocycles. The molecule has 0 aromatic rings. The standard InChI is InChI=1S/5C10H16O2/c5*1-5-6-7-8-9(11)12-10(2,3)4/h5*1H,6-8H2,2-4H3. The van der Waals surface area contributed by atoms with Crippen molar-refractivity contribution in [2.75, 3.05) is 0 Å². The molecule has 10 nitrogen and oxygen atoms in total. The third kappa shape index (κ3) is 70.9. The van der Waals surface area contributed by atoms with Gasteiger partial charge in [0, 0.05) is 64.2 Å². The van der Waals surface area contributed by atoms with Crippen LogP contribution < -0.4 is 0 Å². The molecule has 0 aliphatic rings. The van der Waals surface area contributed by atoms with Gasteiger partial charge in [-0.2, -0.15) is 0 Å². The molecule has 0 aromatic heterocycles. The minimum atomic E-state index is -0.382. The Kier molecular flexibility index (Phi) is 38.6. The van der Waals surface area contributed by atoms with Crippen LogP contribution in [0, 0.1) is 61.7 Å². The van der Waals surface area contributed by atoms with Gasteiger partial charge in [-0.15, -0.1) is 61.7 Å². The number of hydrogen-bond acceptors (Lipinski definition) is 10. The van der Waals surface area contributed by atoms with Gasteiger partial charge in [0.05, 0.1) is 0 Å². The number of unbranched alkanes of at least 4 members (excludes halogenated alkanes) is 5. The summed E-state index contributed by atoms with van der Waals surface area (Å²) in [7, 11) is 0. The Balaban J connectivity index is -0.000000210. The summed E-state index contributed by atoms with van der Waals surface area (Å²) in [5.74, 6) is 11.5. The molecule has 0 radical (unpaired) electrons. The summed E-state index contributed by atoms with van der Waals surface area (Å²) in [6.45, 7) is 27.8. The number of ether oxygens (including phenoxy) is 5. The van der Waals surface area contributed by atoms with Gasteiger partial charge in [-0.3, -0.25) is 24.0 Å². The Labute approximate surface area is 366 Å². The number of carbonyl (C=O) groups is 5. The topological polar surface area (TPSA) is 132 Å². The van der Waals surface area contributed by atoms with Crippen molar-refractivity contribution in [3.63, 3.8) is 0 Å². The molecule has 0 bridgehead atoms. The van der Waals surface area contributed by atoms with E-state index in [-0.39, 0.29) is 57.9 Å². The van der Waals surface area contributed by atoms with Crippen molar-refractivity contribution in [3.8, 4) is 61.7 Å². The molecule has 0 saturated carbocycles. The molecule has 0 aromatic carbocycles. The van der Waals surface area contributed by atoms with Crippen LogP contribution >= 0.6 is 0 Å². The minimum absolute atomic E-state index is 0.169. The van der Waals surface area contributed by atoms with Gasteiger partial charge in [0.15, 0.2) is 0 Å². The van der Waals surface area contributed by atoms with Crippen LogP contribution in [-0.4, -0.2) is 57.9 Å². The van der Waals surface area contributed by atoms with Gasteiger partial charge in [-0.1, -0.05) is 0 Å². The van der Waals surface area contributed by atoms with Crippen molar-refractivity contribution in [1.82, 2.24) is 0 Å². The number of rotatable bonds is 15. The van der Waals surface area contributed by atoms with Crippen molar-refractivity contribution in [1.29, 1.82) is 0 Å². The third-order valence-electron chi connectivity index (χ3n) is 5.61. The van der Waals surface area contributed by atoms with Gasteiger partial charge in [-0.25, -0.2) is 0 Å². The van der Waals surface area contributed by atoms with E-state index in [1.807, 2.05) is 104 Å². The molecule has 340 valence electrons. The van der Waals surface area contributed by atoms with Crippen LogP contribution in [-0.2, 0) is 47.7 Å². The lowest BCUT2D eigenvalue weighted by molar-refractivity contribution is -0.156. The van der Waals surface area contributed by atoms with Crippen LogP contribution in [0.25, 0.3) is 0 Å². The van der Waals surface area contributed by atoms with Crippen LogP contribution in [0.5, 0.6) is 0 Å². The van der Waals surface area contributed by atoms with E-state index >= 15 is 0 Å². The molecule has 0 spiro atoms. The van der Waals surface area contributed by atoms with E-state index in [9.17, 15) is 24.0 Å². The second kappa shape index (κ2) is 36.0. The first-order valence-corrected chi connectivity index (χ1v) is 20.5. The van der Waals surface area contributed by atoms with E-state index in [1.54, 1.807) is 0 Å². The maximum absolute atomic E-state index is 11.0. The summed E-state index contributed by atoms with van der Waals surface area (Å²) in [6.07, 6.45) is 34.0. The number of terminal acetylenes is 5. The summed E-state index contributed by atoms with van der Waals surface area (Å²) < 4.78 is 25.4. The van der Waals surface area contributed by atoms with Gasteiger partial charge in [0.1, 0.15) is 28.0 Å². The summed E-state index contributed by atoms with van der Waals surface area (Å²) in [5.41, 5.74) is -1.91. The average Bonchev–Trinajstić information content (AvgIpc) is 3.02. The third-order valence-corrected chi connectivity index (χ3v) is 5.61. The highest BCUT2D eigenvalue weighted by Crippen LogP contribution is 2.13. The molecule has 60 heavy (non-hydrogen) atoms. The number of carbonyl (C=O) groups excluding carboxylic acids is 5. The lowest BCUT2D eigenvalue weighted by Gasteiger charge is -2.19. The van der Waals surface area contributed by atoms with Crippen molar-refractivity contribution >= 4 is 29.8 Å². The van der Waals surface area contributed by atoms with Gasteiger partial charge < -0.3 is 23.7 Å². The summed E-state index contributed by atoms with van der Waals surface area (Å²) >= 11 is 0. The van der Waals surface area contributed by atoms with Gasteiger partial charge in [0.2, 0.25) is 0 Å². The second-order valence-corrected chi connectivity index (χ2v) is 18.2. The molecule has 0 fully saturated rings. The van der Waals surface area contributed by atoms with E-state index in [4.69, 9.17) is 55.8 Å². The fourth-order valence-electron chi connectivity index (χ4n) is 3.64. The molecule has 0 atom stereocenters. The predicted octanol–water partition coefficient (Wildman–Crippen LogP) is 10.7. The van der Waals surface area contributed by atoms with Crippen LogP contribution in [0.1, 0.15) is 200 Å². The number of esters is 5. The molecular formula is C50H80O10. The highest BCUT2D eigenvalue weighted by atomic mass is 16.6. The fraction of sp³-hybridized carbons (Fsp3) is 0.700. The van der Waals surface area contributed by atoms with Crippen molar-refractivity contribution in [2.45, 2.75) is 228 Å². The van der Waals surface area contributed by atoms with E-state index in [2.05, 4.69) is 29.6 Å². The first kappa shape index (κ1) is 64.3. The Hall–Kier alpha value is -4.85. The smallest absolute Gasteiger partial charge is 0.306 e. The Morgan fingerprint density at radius 1 is 0.300 bits per heavy atom. The maximum Gasteiger partial charge on any atom is 0.306 e. The van der Waals surface area contributed by atoms with Gasteiger partial charge in [-0.05, 0) is 136 Å². The van der Waals surface area contributed by atoms with E-state index < -0.39 is 0 Å². The Morgan fingerprint density at radius 3 is 0.500 bits per heavy atom. The van der Waals surface area contributed by atoms with Crippen LogP contribution in [0.15, 0.2) is 0 Å². The second-order valence-electron chi connectivity index (χ2n) is 18.2. The Bertz CT molecular complexity index is 1160. The number of hydrogen-bond donors (Lipinski definition) is 0. The summed E-state index contributed by atoms with van der Waals surface area (Å²) in [4.78, 5) is 55.2. The lowest BCUT2D eigenvalue weighted by Crippen LogP contribution is -2.23. The van der Waals surface area contributed by atoms with Crippen LogP contribution in [0.3, 0.4) is 0 Å². The predicted molar refractivity (Wildman–Crippen MR) is 243 cm³/mol. The highest BCUT2D eigenvalue weighted by molar-refractivity contribution is 5.71. The maximum atomic E-state index is 11.0. The zero-order valence-electron chi connectivity index (χ0n) is 40.1. The van der Waals surface area contributed by atoms with Gasteiger partial charge >= 0.3 is 29.8 Å². The zero-order chi connectivity index (χ0) is 48.1. The van der Waals surface area contributed by atoms with E-state index in [0.29, 0.717) is 96.3 Å². The van der Waals surface area contributed by atoms with Crippen LogP contribution in [0.2, 0.25) is 0 Å². The minimum Gasteiger partial charge on any atom is -0.460 e. The summed E-state index contributed by atoms with van der Waals surface area (Å²) in [6, 6.07) is 0. The molecule has 0 aliphatic heterocycles. The van der Waals surface area contributed by atoms with Crippen LogP contribution in [0.4, 0.5) is 0 Å². The molecule has 0 heterocycles. The molecule has 10 heteroatoms. The summed E-state index contributed by atoms with van der Waals surface area (Å²) in [5, 5.41) is 0. The average molecular weight is 841 g/mol. The van der Waals surface area contributed by atoms with E-state index in [0.717, 1.165) is 0 Å². The first-order valence-electron chi connectivity index (χ1n) is 20.5. The molecule has 0 unspecified atom stereocenters.